The number of nitrogens with one attached hydrogen (secondary N) is 1. The van der Waals surface area contributed by atoms with E-state index < -0.39 is 0 Å². The lowest BCUT2D eigenvalue weighted by Crippen LogP contribution is -2.13. The van der Waals surface area contributed by atoms with Gasteiger partial charge in [0.25, 0.3) is 0 Å². The highest BCUT2D eigenvalue weighted by Gasteiger charge is 2.12. The smallest absolute Gasteiger partial charge is 0.110 e. The third-order valence-electron chi connectivity index (χ3n) is 2.91. The number of aryl methyl sites for hydroxylation is 1. The third-order valence-corrected chi connectivity index (χ3v) is 2.91. The van der Waals surface area contributed by atoms with E-state index in [0.29, 0.717) is 0 Å². The van der Waals surface area contributed by atoms with E-state index in [1.54, 1.807) is 0 Å². The van der Waals surface area contributed by atoms with Gasteiger partial charge < -0.3 is 9.88 Å². The fourth-order valence-corrected chi connectivity index (χ4v) is 2.07. The Bertz CT molecular complexity index is 488. The van der Waals surface area contributed by atoms with Crippen molar-refractivity contribution in [3.63, 3.8) is 0 Å². The van der Waals surface area contributed by atoms with Gasteiger partial charge in [-0.2, -0.15) is 0 Å². The zero-order chi connectivity index (χ0) is 12.3. The normalized spacial score (nSPS) is 10.8. The number of imidazole rings is 1. The molecule has 2 aromatic rings. The molecule has 17 heavy (non-hydrogen) atoms. The van der Waals surface area contributed by atoms with Crippen LogP contribution in [0.15, 0.2) is 24.5 Å². The summed E-state index contributed by atoms with van der Waals surface area (Å²) in [6.07, 6.45) is 4.57. The van der Waals surface area contributed by atoms with Crippen LogP contribution in [0.3, 0.4) is 0 Å². The van der Waals surface area contributed by atoms with E-state index in [-0.39, 0.29) is 0 Å². The molecule has 0 atom stereocenters. The molecule has 0 saturated heterocycles. The summed E-state index contributed by atoms with van der Waals surface area (Å²) in [6, 6.07) is 4.04. The summed E-state index contributed by atoms with van der Waals surface area (Å²) in [6.45, 7) is 3.00. The Kier molecular flexibility index (Phi) is 3.54. The predicted molar refractivity (Wildman–Crippen MR) is 68.8 cm³/mol. The van der Waals surface area contributed by atoms with Crippen molar-refractivity contribution in [1.82, 2.24) is 19.9 Å². The second-order valence-corrected chi connectivity index (χ2v) is 4.11. The molecule has 0 aliphatic rings. The molecule has 0 aliphatic heterocycles. The van der Waals surface area contributed by atoms with Crippen molar-refractivity contribution in [2.45, 2.75) is 13.3 Å². The van der Waals surface area contributed by atoms with E-state index in [1.165, 1.54) is 11.3 Å². The van der Waals surface area contributed by atoms with Gasteiger partial charge in [0.2, 0.25) is 0 Å². The molecule has 0 unspecified atom stereocenters. The second kappa shape index (κ2) is 5.10. The molecule has 0 bridgehead atoms. The molecule has 2 heterocycles. The Morgan fingerprint density at radius 2 is 2.00 bits per heavy atom. The molecule has 90 valence electrons. The van der Waals surface area contributed by atoms with Crippen molar-refractivity contribution in [3.05, 3.63) is 36.0 Å². The van der Waals surface area contributed by atoms with Crippen LogP contribution in [0.2, 0.25) is 0 Å². The Morgan fingerprint density at radius 1 is 1.29 bits per heavy atom. The van der Waals surface area contributed by atoms with Crippen LogP contribution >= 0.6 is 0 Å². The Balaban J connectivity index is 2.38. The van der Waals surface area contributed by atoms with Gasteiger partial charge in [0.05, 0.1) is 11.4 Å². The third kappa shape index (κ3) is 2.36. The first-order valence-corrected chi connectivity index (χ1v) is 5.81. The molecule has 2 aromatic heterocycles. The quantitative estimate of drug-likeness (QED) is 0.866. The predicted octanol–water partition coefficient (Wildman–Crippen LogP) is 1.55. The van der Waals surface area contributed by atoms with Crippen LogP contribution in [-0.2, 0) is 13.5 Å². The minimum atomic E-state index is 0.943. The first kappa shape index (κ1) is 11.8. The minimum Gasteiger partial charge on any atom is -0.331 e. The molecule has 0 aromatic carbocycles. The monoisotopic (exact) mass is 230 g/mol. The number of rotatable bonds is 4. The van der Waals surface area contributed by atoms with Gasteiger partial charge in [0.1, 0.15) is 5.82 Å². The molecule has 4 nitrogen and oxygen atoms in total. The summed E-state index contributed by atoms with van der Waals surface area (Å²) in [5.41, 5.74) is 3.42. The van der Waals surface area contributed by atoms with E-state index >= 15 is 0 Å². The molecular formula is C13H18N4. The summed E-state index contributed by atoms with van der Waals surface area (Å²) in [4.78, 5) is 8.67. The number of hydrogen-bond donors (Lipinski definition) is 1. The lowest BCUT2D eigenvalue weighted by molar-refractivity contribution is 0.720. The summed E-state index contributed by atoms with van der Waals surface area (Å²) in [7, 11) is 4.03. The molecule has 0 spiro atoms. The largest absolute Gasteiger partial charge is 0.331 e. The van der Waals surface area contributed by atoms with Crippen molar-refractivity contribution < 1.29 is 0 Å². The number of nitrogens with zero attached hydrogens (tertiary/aromatic N) is 3. The van der Waals surface area contributed by atoms with Crippen molar-refractivity contribution in [2.75, 3.05) is 13.6 Å². The van der Waals surface area contributed by atoms with Crippen molar-refractivity contribution in [1.29, 1.82) is 0 Å². The molecule has 0 amide bonds. The van der Waals surface area contributed by atoms with Crippen molar-refractivity contribution >= 4 is 0 Å². The zero-order valence-electron chi connectivity index (χ0n) is 10.6. The van der Waals surface area contributed by atoms with Crippen LogP contribution in [0.1, 0.15) is 11.5 Å². The van der Waals surface area contributed by atoms with Gasteiger partial charge in [-0.3, -0.25) is 4.98 Å². The zero-order valence-corrected chi connectivity index (χ0v) is 10.6. The first-order valence-electron chi connectivity index (χ1n) is 5.81. The minimum absolute atomic E-state index is 0.943. The maximum atomic E-state index is 4.63. The van der Waals surface area contributed by atoms with Gasteiger partial charge in [-0.05, 0) is 26.1 Å². The van der Waals surface area contributed by atoms with Gasteiger partial charge in [-0.25, -0.2) is 4.98 Å². The highest BCUT2D eigenvalue weighted by Crippen LogP contribution is 2.23. The lowest BCUT2D eigenvalue weighted by Gasteiger charge is -2.06. The maximum Gasteiger partial charge on any atom is 0.110 e. The summed E-state index contributed by atoms with van der Waals surface area (Å²) >= 11 is 0. The Morgan fingerprint density at radius 3 is 2.65 bits per heavy atom. The number of pyridine rings is 1. The van der Waals surface area contributed by atoms with Gasteiger partial charge in [-0.1, -0.05) is 0 Å². The second-order valence-electron chi connectivity index (χ2n) is 4.11. The van der Waals surface area contributed by atoms with E-state index in [4.69, 9.17) is 0 Å². The van der Waals surface area contributed by atoms with Gasteiger partial charge in [-0.15, -0.1) is 0 Å². The number of hydrogen-bond acceptors (Lipinski definition) is 3. The van der Waals surface area contributed by atoms with Crippen molar-refractivity contribution in [3.8, 4) is 11.3 Å². The van der Waals surface area contributed by atoms with E-state index in [1.807, 2.05) is 31.6 Å². The van der Waals surface area contributed by atoms with Crippen molar-refractivity contribution in [2.24, 2.45) is 7.05 Å². The van der Waals surface area contributed by atoms with Crippen LogP contribution in [0, 0.1) is 6.92 Å². The fourth-order valence-electron chi connectivity index (χ4n) is 2.07. The summed E-state index contributed by atoms with van der Waals surface area (Å²) < 4.78 is 2.17. The summed E-state index contributed by atoms with van der Waals surface area (Å²) in [5.74, 6) is 1.11. The van der Waals surface area contributed by atoms with Crippen LogP contribution in [0.4, 0.5) is 0 Å². The van der Waals surface area contributed by atoms with Crippen LogP contribution in [-0.4, -0.2) is 28.1 Å². The highest BCUT2D eigenvalue weighted by molar-refractivity contribution is 5.62. The molecule has 0 fully saturated rings. The van der Waals surface area contributed by atoms with Gasteiger partial charge in [0.15, 0.2) is 0 Å². The van der Waals surface area contributed by atoms with Crippen LogP contribution in [0.25, 0.3) is 11.3 Å². The highest BCUT2D eigenvalue weighted by atomic mass is 15.1. The van der Waals surface area contributed by atoms with Crippen LogP contribution in [0.5, 0.6) is 0 Å². The SMILES string of the molecule is CNCCc1nc(C)c(-c2ccncc2)n1C. The van der Waals surface area contributed by atoms with Gasteiger partial charge >= 0.3 is 0 Å². The molecule has 1 N–H and O–H groups in total. The molecule has 0 aliphatic carbocycles. The topological polar surface area (TPSA) is 42.7 Å². The average Bonchev–Trinajstić information content (AvgIpc) is 2.63. The van der Waals surface area contributed by atoms with E-state index in [9.17, 15) is 0 Å². The number of likely N-dealkylation sites (N-methyl/N-ethyl adjacent to an activating group) is 1. The Labute approximate surface area is 102 Å². The van der Waals surface area contributed by atoms with E-state index in [2.05, 4.69) is 33.8 Å². The summed E-state index contributed by atoms with van der Waals surface area (Å²) in [5, 5.41) is 3.15. The molecule has 0 radical (unpaired) electrons. The molecule has 2 rings (SSSR count). The van der Waals surface area contributed by atoms with E-state index in [0.717, 1.165) is 24.5 Å². The maximum absolute atomic E-state index is 4.63. The fraction of sp³-hybridized carbons (Fsp3) is 0.385. The molecule has 0 saturated carbocycles. The molecule has 4 heteroatoms. The first-order chi connectivity index (χ1) is 8.24. The number of aromatic nitrogens is 3. The standard InChI is InChI=1S/C13H18N4/c1-10-13(11-4-8-15-9-5-11)17(3)12(16-10)6-7-14-2/h4-5,8-9,14H,6-7H2,1-3H3. The van der Waals surface area contributed by atoms with Gasteiger partial charge in [0, 0.05) is 38.0 Å². The lowest BCUT2D eigenvalue weighted by atomic mass is 10.1. The van der Waals surface area contributed by atoms with Crippen LogP contribution < -0.4 is 5.32 Å². The average molecular weight is 230 g/mol. The molecular weight excluding hydrogens is 212 g/mol. The Hall–Kier alpha value is -1.68.